The number of hydrogen-bond acceptors (Lipinski definition) is 1. The van der Waals surface area contributed by atoms with Gasteiger partial charge in [-0.2, -0.15) is 0 Å². The van der Waals surface area contributed by atoms with Crippen LogP contribution in [-0.2, 0) is 4.79 Å². The third-order valence-corrected chi connectivity index (χ3v) is 8.59. The summed E-state index contributed by atoms with van der Waals surface area (Å²) in [7, 11) is 0. The predicted molar refractivity (Wildman–Crippen MR) is 81.3 cm³/mol. The highest BCUT2D eigenvalue weighted by Gasteiger charge is 2.79. The molecule has 4 fully saturated rings. The van der Waals surface area contributed by atoms with Crippen LogP contribution >= 0.6 is 0 Å². The van der Waals surface area contributed by atoms with Gasteiger partial charge in [-0.05, 0) is 61.2 Å². The molecule has 0 bridgehead atoms. The average molecular weight is 272 g/mol. The second-order valence-corrected chi connectivity index (χ2v) is 8.82. The highest BCUT2D eigenvalue weighted by molar-refractivity contribution is 5.86. The third kappa shape index (κ3) is 1.00. The molecule has 5 atom stereocenters. The zero-order valence-corrected chi connectivity index (χ0v) is 13.3. The van der Waals surface area contributed by atoms with E-state index < -0.39 is 0 Å². The molecule has 1 nitrogen and oxygen atoms in total. The Bertz CT molecular complexity index is 520. The normalized spacial score (nSPS) is 57.6. The van der Waals surface area contributed by atoms with Crippen molar-refractivity contribution in [3.63, 3.8) is 0 Å². The summed E-state index contributed by atoms with van der Waals surface area (Å²) in [6, 6.07) is 0. The van der Waals surface area contributed by atoms with Crippen LogP contribution in [0.5, 0.6) is 0 Å². The molecule has 0 saturated heterocycles. The zero-order valence-electron chi connectivity index (χ0n) is 13.3. The van der Waals surface area contributed by atoms with Crippen LogP contribution in [0.25, 0.3) is 0 Å². The molecule has 0 radical (unpaired) electrons. The Kier molecular flexibility index (Phi) is 2.24. The molecule has 2 spiro atoms. The van der Waals surface area contributed by atoms with Gasteiger partial charge in [0.1, 0.15) is 5.78 Å². The lowest BCUT2D eigenvalue weighted by molar-refractivity contribution is -0.124. The van der Waals surface area contributed by atoms with Gasteiger partial charge in [0.15, 0.2) is 0 Å². The summed E-state index contributed by atoms with van der Waals surface area (Å²) < 4.78 is 0. The molecule has 0 aromatic carbocycles. The Hall–Kier alpha value is -0.590. The largest absolute Gasteiger partial charge is 0.299 e. The molecule has 4 aliphatic rings. The van der Waals surface area contributed by atoms with Crippen molar-refractivity contribution in [3.05, 3.63) is 12.2 Å². The molecule has 110 valence electrons. The molecule has 0 N–H and O–H groups in total. The first-order chi connectivity index (χ1) is 9.33. The zero-order chi connectivity index (χ0) is 14.4. The molecule has 1 heteroatoms. The molecule has 0 aliphatic heterocycles. The standard InChI is InChI=1S/C19H28O/c1-13-6-5-7-16(3)8-11-19-14(2)15(20)12-17(19,4)9-10-18(13,16)19/h14H,1,5-12H2,2-4H3/t14-,16+,17-,18+,19+/m1/s1. The van der Waals surface area contributed by atoms with E-state index in [1.807, 2.05) is 0 Å². The van der Waals surface area contributed by atoms with Gasteiger partial charge in [0.05, 0.1) is 0 Å². The Morgan fingerprint density at radius 1 is 1.05 bits per heavy atom. The molecule has 4 saturated carbocycles. The molecule has 4 aliphatic carbocycles. The Balaban J connectivity index is 1.99. The van der Waals surface area contributed by atoms with Crippen LogP contribution in [0.15, 0.2) is 12.2 Å². The van der Waals surface area contributed by atoms with E-state index in [0.29, 0.717) is 11.2 Å². The number of rotatable bonds is 0. The van der Waals surface area contributed by atoms with Gasteiger partial charge in [-0.3, -0.25) is 4.79 Å². The van der Waals surface area contributed by atoms with Crippen molar-refractivity contribution in [2.45, 2.75) is 72.1 Å². The molecule has 0 unspecified atom stereocenters. The van der Waals surface area contributed by atoms with Gasteiger partial charge in [0.2, 0.25) is 0 Å². The van der Waals surface area contributed by atoms with E-state index in [1.54, 1.807) is 0 Å². The maximum absolute atomic E-state index is 12.6. The van der Waals surface area contributed by atoms with Gasteiger partial charge in [0, 0.05) is 17.8 Å². The van der Waals surface area contributed by atoms with Gasteiger partial charge < -0.3 is 0 Å². The summed E-state index contributed by atoms with van der Waals surface area (Å²) in [5.41, 5.74) is 2.69. The SMILES string of the molecule is C=C1CCC[C@@]2(C)CC[C@]34[C@H](C)C(=O)C[C@@]3(C)CC[C@]124. The van der Waals surface area contributed by atoms with Gasteiger partial charge in [-0.1, -0.05) is 32.9 Å². The number of hydrogen-bond donors (Lipinski definition) is 0. The second kappa shape index (κ2) is 3.42. The van der Waals surface area contributed by atoms with Crippen molar-refractivity contribution in [1.82, 2.24) is 0 Å². The van der Waals surface area contributed by atoms with E-state index in [4.69, 9.17) is 0 Å². The smallest absolute Gasteiger partial charge is 0.136 e. The lowest BCUT2D eigenvalue weighted by Gasteiger charge is -2.57. The van der Waals surface area contributed by atoms with E-state index in [0.717, 1.165) is 6.42 Å². The third-order valence-electron chi connectivity index (χ3n) is 8.59. The van der Waals surface area contributed by atoms with Gasteiger partial charge in [-0.15, -0.1) is 0 Å². The van der Waals surface area contributed by atoms with Crippen LogP contribution in [0.1, 0.15) is 72.1 Å². The number of allylic oxidation sites excluding steroid dienone is 1. The topological polar surface area (TPSA) is 17.1 Å². The van der Waals surface area contributed by atoms with Crippen LogP contribution in [0, 0.1) is 27.6 Å². The highest BCUT2D eigenvalue weighted by Crippen LogP contribution is 2.85. The lowest BCUT2D eigenvalue weighted by Crippen LogP contribution is -2.51. The summed E-state index contributed by atoms with van der Waals surface area (Å²) in [5.74, 6) is 0.792. The molecular weight excluding hydrogens is 244 g/mol. The van der Waals surface area contributed by atoms with Crippen LogP contribution in [0.3, 0.4) is 0 Å². The Labute approximate surface area is 123 Å². The fraction of sp³-hybridized carbons (Fsp3) is 0.842. The Morgan fingerprint density at radius 2 is 1.75 bits per heavy atom. The summed E-state index contributed by atoms with van der Waals surface area (Å²) in [6.07, 6.45) is 9.84. The minimum absolute atomic E-state index is 0.239. The number of ketones is 1. The first-order valence-corrected chi connectivity index (χ1v) is 8.54. The van der Waals surface area contributed by atoms with Crippen molar-refractivity contribution >= 4 is 5.78 Å². The quantitative estimate of drug-likeness (QED) is 0.573. The molecule has 0 aromatic rings. The molecule has 0 aromatic heterocycles. The second-order valence-electron chi connectivity index (χ2n) is 8.82. The van der Waals surface area contributed by atoms with Crippen molar-refractivity contribution in [1.29, 1.82) is 0 Å². The fourth-order valence-corrected chi connectivity index (χ4v) is 7.80. The van der Waals surface area contributed by atoms with Crippen LogP contribution < -0.4 is 0 Å². The molecule has 0 heterocycles. The van der Waals surface area contributed by atoms with Crippen molar-refractivity contribution in [2.75, 3.05) is 0 Å². The number of Topliss-reactive ketones (excluding diaryl/α,β-unsaturated/α-hetero) is 1. The molecule has 0 amide bonds. The summed E-state index contributed by atoms with van der Waals surface area (Å²) in [4.78, 5) is 12.6. The van der Waals surface area contributed by atoms with Crippen molar-refractivity contribution in [3.8, 4) is 0 Å². The van der Waals surface area contributed by atoms with E-state index in [9.17, 15) is 4.79 Å². The average Bonchev–Trinajstić information content (AvgIpc) is 2.88. The minimum Gasteiger partial charge on any atom is -0.299 e. The molecular formula is C19H28O. The summed E-state index contributed by atoms with van der Waals surface area (Å²) >= 11 is 0. The number of carbonyl (C=O) groups is 1. The van der Waals surface area contributed by atoms with Gasteiger partial charge in [-0.25, -0.2) is 0 Å². The summed E-state index contributed by atoms with van der Waals surface area (Å²) in [5, 5.41) is 0. The first kappa shape index (κ1) is 13.1. The lowest BCUT2D eigenvalue weighted by atomic mass is 9.46. The van der Waals surface area contributed by atoms with E-state index in [2.05, 4.69) is 27.4 Å². The van der Waals surface area contributed by atoms with E-state index >= 15 is 0 Å². The Morgan fingerprint density at radius 3 is 2.50 bits per heavy atom. The van der Waals surface area contributed by atoms with Crippen LogP contribution in [0.2, 0.25) is 0 Å². The minimum atomic E-state index is 0.239. The van der Waals surface area contributed by atoms with Crippen LogP contribution in [0.4, 0.5) is 0 Å². The maximum Gasteiger partial charge on any atom is 0.136 e. The van der Waals surface area contributed by atoms with Crippen LogP contribution in [-0.4, -0.2) is 5.78 Å². The highest BCUT2D eigenvalue weighted by atomic mass is 16.1. The van der Waals surface area contributed by atoms with Gasteiger partial charge in [0.25, 0.3) is 0 Å². The molecule has 20 heavy (non-hydrogen) atoms. The van der Waals surface area contributed by atoms with E-state index in [1.165, 1.54) is 50.5 Å². The summed E-state index contributed by atoms with van der Waals surface area (Å²) in [6.45, 7) is 11.8. The van der Waals surface area contributed by atoms with Gasteiger partial charge >= 0.3 is 0 Å². The van der Waals surface area contributed by atoms with Crippen molar-refractivity contribution in [2.24, 2.45) is 27.6 Å². The number of carbonyl (C=O) groups excluding carboxylic acids is 1. The fourth-order valence-electron chi connectivity index (χ4n) is 7.80. The van der Waals surface area contributed by atoms with E-state index in [-0.39, 0.29) is 22.2 Å². The monoisotopic (exact) mass is 272 g/mol. The van der Waals surface area contributed by atoms with Crippen molar-refractivity contribution < 1.29 is 4.79 Å². The predicted octanol–water partition coefficient (Wildman–Crippen LogP) is 4.91. The molecule has 4 rings (SSSR count). The maximum atomic E-state index is 12.6. The first-order valence-electron chi connectivity index (χ1n) is 8.54.